The van der Waals surface area contributed by atoms with Crippen LogP contribution in [0.2, 0.25) is 0 Å². The van der Waals surface area contributed by atoms with Crippen molar-refractivity contribution in [3.63, 3.8) is 0 Å². The lowest BCUT2D eigenvalue weighted by Gasteiger charge is -2.17. The van der Waals surface area contributed by atoms with E-state index >= 15 is 0 Å². The molecule has 0 bridgehead atoms. The molecule has 0 saturated carbocycles. The summed E-state index contributed by atoms with van der Waals surface area (Å²) in [6, 6.07) is 3.44. The Morgan fingerprint density at radius 1 is 1.48 bits per heavy atom. The molecule has 110 valence electrons. The lowest BCUT2D eigenvalue weighted by atomic mass is 10.3. The highest BCUT2D eigenvalue weighted by molar-refractivity contribution is 7.09. The molecule has 0 aliphatic heterocycles. The van der Waals surface area contributed by atoms with Crippen LogP contribution in [0.5, 0.6) is 0 Å². The van der Waals surface area contributed by atoms with Gasteiger partial charge in [-0.05, 0) is 11.6 Å². The number of nitrogens with zero attached hydrogens (tertiary/aromatic N) is 3. The van der Waals surface area contributed by atoms with Crippen LogP contribution in [0, 0.1) is 0 Å². The molecule has 0 atom stereocenters. The maximum atomic E-state index is 11.9. The topological polar surface area (TPSA) is 95.4 Å². The van der Waals surface area contributed by atoms with Crippen LogP contribution >= 0.6 is 11.3 Å². The zero-order valence-electron chi connectivity index (χ0n) is 11.3. The Balaban J connectivity index is 1.84. The van der Waals surface area contributed by atoms with E-state index in [2.05, 4.69) is 15.3 Å². The van der Waals surface area contributed by atoms with Crippen LogP contribution in [0.1, 0.15) is 21.1 Å². The minimum absolute atomic E-state index is 0.00652. The second-order valence-electron chi connectivity index (χ2n) is 4.31. The van der Waals surface area contributed by atoms with Gasteiger partial charge < -0.3 is 15.3 Å². The molecule has 0 radical (unpaired) electrons. The number of amides is 2. The Kier molecular flexibility index (Phi) is 4.83. The molecule has 2 rings (SSSR count). The number of hydrogen-bond donors (Lipinski definition) is 2. The highest BCUT2D eigenvalue weighted by Crippen LogP contribution is 2.09. The van der Waals surface area contributed by atoms with Gasteiger partial charge in [-0.1, -0.05) is 6.07 Å². The number of urea groups is 1. The SMILES string of the molecule is CN(Cc1cccnc1)C(=O)NCc1nc(C(=O)O)cs1. The largest absolute Gasteiger partial charge is 0.476 e. The van der Waals surface area contributed by atoms with Gasteiger partial charge in [0.25, 0.3) is 0 Å². The molecule has 8 heteroatoms. The van der Waals surface area contributed by atoms with Gasteiger partial charge >= 0.3 is 12.0 Å². The van der Waals surface area contributed by atoms with Gasteiger partial charge in [0.15, 0.2) is 5.69 Å². The number of carbonyl (C=O) groups is 2. The molecule has 2 amide bonds. The third kappa shape index (κ3) is 4.25. The van der Waals surface area contributed by atoms with E-state index in [1.54, 1.807) is 19.4 Å². The summed E-state index contributed by atoms with van der Waals surface area (Å²) in [5.41, 5.74) is 0.922. The Labute approximate surface area is 125 Å². The highest BCUT2D eigenvalue weighted by atomic mass is 32.1. The molecule has 2 aromatic rings. The number of aromatic carboxylic acids is 1. The Bertz CT molecular complexity index is 629. The molecule has 0 unspecified atom stereocenters. The van der Waals surface area contributed by atoms with Crippen LogP contribution < -0.4 is 5.32 Å². The number of rotatable bonds is 5. The number of carboxylic acids is 1. The van der Waals surface area contributed by atoms with Crippen LogP contribution in [-0.4, -0.2) is 39.0 Å². The zero-order chi connectivity index (χ0) is 15.2. The van der Waals surface area contributed by atoms with Crippen molar-refractivity contribution in [1.29, 1.82) is 0 Å². The summed E-state index contributed by atoms with van der Waals surface area (Å²) in [7, 11) is 1.67. The second-order valence-corrected chi connectivity index (χ2v) is 5.25. The van der Waals surface area contributed by atoms with Crippen LogP contribution in [0.4, 0.5) is 4.79 Å². The van der Waals surface area contributed by atoms with Gasteiger partial charge in [0.2, 0.25) is 0 Å². The quantitative estimate of drug-likeness (QED) is 0.874. The molecule has 0 aromatic carbocycles. The molecular formula is C13H14N4O3S. The van der Waals surface area contributed by atoms with E-state index in [1.165, 1.54) is 21.6 Å². The molecule has 0 saturated heterocycles. The maximum Gasteiger partial charge on any atom is 0.355 e. The monoisotopic (exact) mass is 306 g/mol. The summed E-state index contributed by atoms with van der Waals surface area (Å²) in [5, 5.41) is 13.5. The first kappa shape index (κ1) is 14.9. The first-order valence-corrected chi connectivity index (χ1v) is 7.00. The lowest BCUT2D eigenvalue weighted by Crippen LogP contribution is -2.36. The van der Waals surface area contributed by atoms with Gasteiger partial charge in [-0.3, -0.25) is 4.98 Å². The average Bonchev–Trinajstić information content (AvgIpc) is 2.95. The van der Waals surface area contributed by atoms with Crippen molar-refractivity contribution in [2.24, 2.45) is 0 Å². The number of aromatic nitrogens is 2. The zero-order valence-corrected chi connectivity index (χ0v) is 12.1. The summed E-state index contributed by atoms with van der Waals surface area (Å²) < 4.78 is 0. The third-order valence-electron chi connectivity index (χ3n) is 2.65. The average molecular weight is 306 g/mol. The summed E-state index contributed by atoms with van der Waals surface area (Å²) >= 11 is 1.20. The summed E-state index contributed by atoms with van der Waals surface area (Å²) in [4.78, 5) is 32.0. The first-order valence-electron chi connectivity index (χ1n) is 6.12. The smallest absolute Gasteiger partial charge is 0.355 e. The van der Waals surface area contributed by atoms with Gasteiger partial charge in [-0.25, -0.2) is 14.6 Å². The predicted molar refractivity (Wildman–Crippen MR) is 77.0 cm³/mol. The highest BCUT2D eigenvalue weighted by Gasteiger charge is 2.12. The lowest BCUT2D eigenvalue weighted by molar-refractivity contribution is 0.0691. The van der Waals surface area contributed by atoms with Crippen molar-refractivity contribution in [1.82, 2.24) is 20.2 Å². The van der Waals surface area contributed by atoms with Crippen LogP contribution in [0.15, 0.2) is 29.9 Å². The molecule has 7 nitrogen and oxygen atoms in total. The van der Waals surface area contributed by atoms with E-state index in [0.29, 0.717) is 11.6 Å². The van der Waals surface area contributed by atoms with E-state index < -0.39 is 5.97 Å². The Morgan fingerprint density at radius 2 is 2.29 bits per heavy atom. The van der Waals surface area contributed by atoms with Gasteiger partial charge in [-0.2, -0.15) is 0 Å². The third-order valence-corrected chi connectivity index (χ3v) is 3.50. The molecule has 0 aliphatic carbocycles. The number of nitrogens with one attached hydrogen (secondary N) is 1. The molecule has 2 heterocycles. The first-order chi connectivity index (χ1) is 10.1. The van der Waals surface area contributed by atoms with Gasteiger partial charge in [0, 0.05) is 31.4 Å². The second kappa shape index (κ2) is 6.80. The molecule has 2 aromatic heterocycles. The van der Waals surface area contributed by atoms with E-state index in [0.717, 1.165) is 5.56 Å². The standard InChI is InChI=1S/C13H14N4O3S/c1-17(7-9-3-2-4-14-5-9)13(20)15-6-11-16-10(8-21-11)12(18)19/h2-5,8H,6-7H2,1H3,(H,15,20)(H,18,19). The Morgan fingerprint density at radius 3 is 2.90 bits per heavy atom. The fourth-order valence-corrected chi connectivity index (χ4v) is 2.32. The molecule has 2 N–H and O–H groups in total. The van der Waals surface area contributed by atoms with Crippen molar-refractivity contribution < 1.29 is 14.7 Å². The van der Waals surface area contributed by atoms with E-state index in [1.807, 2.05) is 12.1 Å². The number of thiazole rings is 1. The number of hydrogen-bond acceptors (Lipinski definition) is 5. The van der Waals surface area contributed by atoms with Crippen molar-refractivity contribution in [2.45, 2.75) is 13.1 Å². The minimum Gasteiger partial charge on any atom is -0.476 e. The predicted octanol–water partition coefficient (Wildman–Crippen LogP) is 1.58. The van der Waals surface area contributed by atoms with Gasteiger partial charge in [0.1, 0.15) is 5.01 Å². The fourth-order valence-electron chi connectivity index (χ4n) is 1.61. The van der Waals surface area contributed by atoms with Crippen LogP contribution in [0.3, 0.4) is 0 Å². The maximum absolute atomic E-state index is 11.9. The summed E-state index contributed by atoms with van der Waals surface area (Å²) in [6.07, 6.45) is 3.37. The number of carboxylic acid groups (broad SMARTS) is 1. The van der Waals surface area contributed by atoms with Crippen LogP contribution in [0.25, 0.3) is 0 Å². The van der Waals surface area contributed by atoms with Gasteiger partial charge in [-0.15, -0.1) is 11.3 Å². The molecule has 0 spiro atoms. The fraction of sp³-hybridized carbons (Fsp3) is 0.231. The van der Waals surface area contributed by atoms with Crippen molar-refractivity contribution in [3.8, 4) is 0 Å². The Hall–Kier alpha value is -2.48. The molecular weight excluding hydrogens is 292 g/mol. The van der Waals surface area contributed by atoms with E-state index in [-0.39, 0.29) is 18.3 Å². The van der Waals surface area contributed by atoms with E-state index in [4.69, 9.17) is 5.11 Å². The minimum atomic E-state index is -1.07. The van der Waals surface area contributed by atoms with Crippen molar-refractivity contribution >= 4 is 23.3 Å². The van der Waals surface area contributed by atoms with Crippen LogP contribution in [-0.2, 0) is 13.1 Å². The van der Waals surface area contributed by atoms with E-state index in [9.17, 15) is 9.59 Å². The molecule has 0 fully saturated rings. The van der Waals surface area contributed by atoms with Crippen molar-refractivity contribution in [3.05, 3.63) is 46.2 Å². The van der Waals surface area contributed by atoms with Crippen molar-refractivity contribution in [2.75, 3.05) is 7.05 Å². The van der Waals surface area contributed by atoms with Gasteiger partial charge in [0.05, 0.1) is 6.54 Å². The number of pyridine rings is 1. The summed E-state index contributed by atoms with van der Waals surface area (Å²) in [5.74, 6) is -1.07. The normalized spacial score (nSPS) is 10.1. The molecule has 21 heavy (non-hydrogen) atoms. The molecule has 0 aliphatic rings. The number of carbonyl (C=O) groups excluding carboxylic acids is 1. The summed E-state index contributed by atoms with van der Waals surface area (Å²) in [6.45, 7) is 0.645.